The van der Waals surface area contributed by atoms with Crippen molar-refractivity contribution in [2.45, 2.75) is 83.5 Å². The lowest BCUT2D eigenvalue weighted by Crippen LogP contribution is -2.35. The molecule has 0 unspecified atom stereocenters. The SMILES string of the molecule is CCCC1([C@H]2CC[C@H](c3ccc(C#N)cc3)CC2)CCCCC1. The number of hydrogen-bond donors (Lipinski definition) is 0. The van der Waals surface area contributed by atoms with Gasteiger partial charge in [0.05, 0.1) is 11.6 Å². The van der Waals surface area contributed by atoms with Gasteiger partial charge in [-0.1, -0.05) is 44.7 Å². The molecule has 0 spiro atoms. The fourth-order valence-electron chi connectivity index (χ4n) is 5.49. The van der Waals surface area contributed by atoms with Gasteiger partial charge in [-0.15, -0.1) is 0 Å². The van der Waals surface area contributed by atoms with E-state index < -0.39 is 0 Å². The second-order valence-electron chi connectivity index (χ2n) is 7.96. The molecule has 1 nitrogen and oxygen atoms in total. The molecular weight excluding hydrogens is 278 g/mol. The number of nitrogens with zero attached hydrogens (tertiary/aromatic N) is 1. The van der Waals surface area contributed by atoms with Crippen molar-refractivity contribution in [2.24, 2.45) is 11.3 Å². The molecule has 1 aromatic carbocycles. The molecule has 2 aliphatic rings. The molecule has 0 bridgehead atoms. The second-order valence-corrected chi connectivity index (χ2v) is 7.96. The minimum Gasteiger partial charge on any atom is -0.192 e. The van der Waals surface area contributed by atoms with Gasteiger partial charge < -0.3 is 0 Å². The van der Waals surface area contributed by atoms with Crippen molar-refractivity contribution in [3.8, 4) is 6.07 Å². The summed E-state index contributed by atoms with van der Waals surface area (Å²) in [6, 6.07) is 10.6. The van der Waals surface area contributed by atoms with E-state index in [0.717, 1.165) is 17.4 Å². The third kappa shape index (κ3) is 3.63. The molecule has 3 rings (SSSR count). The van der Waals surface area contributed by atoms with Crippen LogP contribution < -0.4 is 0 Å². The molecule has 0 heterocycles. The minimum atomic E-state index is 0.683. The lowest BCUT2D eigenvalue weighted by Gasteiger charge is -2.47. The van der Waals surface area contributed by atoms with E-state index in [1.165, 1.54) is 76.2 Å². The van der Waals surface area contributed by atoms with Crippen LogP contribution in [0.5, 0.6) is 0 Å². The molecule has 0 radical (unpaired) electrons. The number of benzene rings is 1. The van der Waals surface area contributed by atoms with Crippen LogP contribution in [-0.4, -0.2) is 0 Å². The molecule has 0 atom stereocenters. The van der Waals surface area contributed by atoms with Crippen LogP contribution in [-0.2, 0) is 0 Å². The zero-order valence-electron chi connectivity index (χ0n) is 14.7. The van der Waals surface area contributed by atoms with Gasteiger partial charge in [-0.05, 0) is 79.9 Å². The van der Waals surface area contributed by atoms with Gasteiger partial charge in [0.1, 0.15) is 0 Å². The molecule has 2 saturated carbocycles. The zero-order chi connectivity index (χ0) is 16.1. The average Bonchev–Trinajstić information content (AvgIpc) is 2.63. The molecule has 2 fully saturated rings. The van der Waals surface area contributed by atoms with Crippen LogP contribution in [0.3, 0.4) is 0 Å². The zero-order valence-corrected chi connectivity index (χ0v) is 14.7. The topological polar surface area (TPSA) is 23.8 Å². The smallest absolute Gasteiger partial charge is 0.0991 e. The molecule has 0 saturated heterocycles. The number of rotatable bonds is 4. The van der Waals surface area contributed by atoms with Gasteiger partial charge in [-0.25, -0.2) is 0 Å². The van der Waals surface area contributed by atoms with Gasteiger partial charge in [0.2, 0.25) is 0 Å². The van der Waals surface area contributed by atoms with Gasteiger partial charge in [0.15, 0.2) is 0 Å². The Hall–Kier alpha value is -1.29. The Morgan fingerprint density at radius 1 is 1.00 bits per heavy atom. The summed E-state index contributed by atoms with van der Waals surface area (Å²) in [5.74, 6) is 1.69. The Bertz CT molecular complexity index is 517. The lowest BCUT2D eigenvalue weighted by atomic mass is 9.58. The maximum absolute atomic E-state index is 8.95. The van der Waals surface area contributed by atoms with Crippen LogP contribution in [0.4, 0.5) is 0 Å². The van der Waals surface area contributed by atoms with Crippen LogP contribution in [0, 0.1) is 22.7 Å². The second kappa shape index (κ2) is 7.52. The van der Waals surface area contributed by atoms with Gasteiger partial charge in [0.25, 0.3) is 0 Å². The normalized spacial score (nSPS) is 27.3. The van der Waals surface area contributed by atoms with Crippen molar-refractivity contribution >= 4 is 0 Å². The summed E-state index contributed by atoms with van der Waals surface area (Å²) >= 11 is 0. The first-order chi connectivity index (χ1) is 11.3. The quantitative estimate of drug-likeness (QED) is 0.616. The fourth-order valence-corrected chi connectivity index (χ4v) is 5.49. The third-order valence-corrected chi connectivity index (χ3v) is 6.70. The van der Waals surface area contributed by atoms with Crippen molar-refractivity contribution in [3.63, 3.8) is 0 Å². The summed E-state index contributed by atoms with van der Waals surface area (Å²) in [5, 5.41) is 8.95. The summed E-state index contributed by atoms with van der Waals surface area (Å²) in [6.45, 7) is 2.37. The summed E-state index contributed by atoms with van der Waals surface area (Å²) in [4.78, 5) is 0. The molecule has 2 aliphatic carbocycles. The Labute approximate surface area is 142 Å². The standard InChI is InChI=1S/C22H31N/c1-2-14-22(15-4-3-5-16-22)21-12-10-20(11-13-21)19-8-6-18(17-23)7-9-19/h6-9,20-21H,2-5,10-16H2,1H3/t20-,21-. The van der Waals surface area contributed by atoms with Gasteiger partial charge in [-0.3, -0.25) is 0 Å². The average molecular weight is 309 g/mol. The first-order valence-electron chi connectivity index (χ1n) is 9.77. The highest BCUT2D eigenvalue weighted by atomic mass is 14.5. The van der Waals surface area contributed by atoms with Crippen molar-refractivity contribution in [2.75, 3.05) is 0 Å². The monoisotopic (exact) mass is 309 g/mol. The van der Waals surface area contributed by atoms with Crippen molar-refractivity contribution in [1.29, 1.82) is 5.26 Å². The van der Waals surface area contributed by atoms with Gasteiger partial charge >= 0.3 is 0 Å². The lowest BCUT2D eigenvalue weighted by molar-refractivity contribution is 0.0527. The molecule has 23 heavy (non-hydrogen) atoms. The Kier molecular flexibility index (Phi) is 5.42. The Morgan fingerprint density at radius 3 is 2.22 bits per heavy atom. The van der Waals surface area contributed by atoms with E-state index >= 15 is 0 Å². The van der Waals surface area contributed by atoms with E-state index in [0.29, 0.717) is 5.41 Å². The van der Waals surface area contributed by atoms with Crippen molar-refractivity contribution in [3.05, 3.63) is 35.4 Å². The Balaban J connectivity index is 1.63. The predicted molar refractivity (Wildman–Crippen MR) is 96.3 cm³/mol. The van der Waals surface area contributed by atoms with Crippen molar-refractivity contribution < 1.29 is 0 Å². The molecule has 0 N–H and O–H groups in total. The minimum absolute atomic E-state index is 0.683. The highest BCUT2D eigenvalue weighted by Gasteiger charge is 2.40. The van der Waals surface area contributed by atoms with E-state index in [1.807, 2.05) is 12.1 Å². The van der Waals surface area contributed by atoms with E-state index in [2.05, 4.69) is 25.1 Å². The molecule has 0 aromatic heterocycles. The fraction of sp³-hybridized carbons (Fsp3) is 0.682. The first-order valence-corrected chi connectivity index (χ1v) is 9.77. The van der Waals surface area contributed by atoms with Crippen molar-refractivity contribution in [1.82, 2.24) is 0 Å². The summed E-state index contributed by atoms with van der Waals surface area (Å²) < 4.78 is 0. The molecule has 1 heteroatoms. The molecular formula is C22H31N. The van der Waals surface area contributed by atoms with E-state index in [1.54, 1.807) is 0 Å². The third-order valence-electron chi connectivity index (χ3n) is 6.70. The van der Waals surface area contributed by atoms with Crippen LogP contribution >= 0.6 is 0 Å². The molecule has 0 aliphatic heterocycles. The maximum Gasteiger partial charge on any atom is 0.0991 e. The molecule has 0 amide bonds. The summed E-state index contributed by atoms with van der Waals surface area (Å²) in [7, 11) is 0. The molecule has 124 valence electrons. The summed E-state index contributed by atoms with van der Waals surface area (Å²) in [6.07, 6.45) is 15.7. The maximum atomic E-state index is 8.95. The van der Waals surface area contributed by atoms with Crippen LogP contribution in [0.25, 0.3) is 0 Å². The highest BCUT2D eigenvalue weighted by molar-refractivity contribution is 5.33. The highest BCUT2D eigenvalue weighted by Crippen LogP contribution is 2.52. The number of nitriles is 1. The molecule has 1 aromatic rings. The van der Waals surface area contributed by atoms with E-state index in [4.69, 9.17) is 5.26 Å². The summed E-state index contributed by atoms with van der Waals surface area (Å²) in [5.41, 5.74) is 2.92. The van der Waals surface area contributed by atoms with E-state index in [9.17, 15) is 0 Å². The Morgan fingerprint density at radius 2 is 1.65 bits per heavy atom. The van der Waals surface area contributed by atoms with Crippen LogP contribution in [0.15, 0.2) is 24.3 Å². The van der Waals surface area contributed by atoms with Gasteiger partial charge in [-0.2, -0.15) is 5.26 Å². The van der Waals surface area contributed by atoms with Gasteiger partial charge in [0, 0.05) is 0 Å². The van der Waals surface area contributed by atoms with Crippen LogP contribution in [0.2, 0.25) is 0 Å². The largest absolute Gasteiger partial charge is 0.192 e. The number of hydrogen-bond acceptors (Lipinski definition) is 1. The predicted octanol–water partition coefficient (Wildman–Crippen LogP) is 6.58. The van der Waals surface area contributed by atoms with E-state index in [-0.39, 0.29) is 0 Å². The van der Waals surface area contributed by atoms with Crippen LogP contribution in [0.1, 0.15) is 94.6 Å². The first kappa shape index (κ1) is 16.6.